The van der Waals surface area contributed by atoms with Crippen LogP contribution in [0.25, 0.3) is 11.0 Å². The van der Waals surface area contributed by atoms with Gasteiger partial charge < -0.3 is 15.0 Å². The second-order valence-electron chi connectivity index (χ2n) is 6.68. The number of amides is 1. The van der Waals surface area contributed by atoms with Crippen molar-refractivity contribution in [3.05, 3.63) is 24.0 Å². The van der Waals surface area contributed by atoms with E-state index in [0.717, 1.165) is 54.8 Å². The number of aromatic nitrogens is 2. The van der Waals surface area contributed by atoms with Gasteiger partial charge in [-0.1, -0.05) is 19.3 Å². The number of hydrogen-bond donors (Lipinski definition) is 2. The standard InChI is InChI=1S/C18H23N3O2/c22-18(12-5-2-1-3-6-12)19-13-8-9-14-15(11-13)21-17(20-14)16-7-4-10-23-16/h8-9,11-12,16H,1-7,10H2,(H,19,22)(H,20,21)/t16-/m1/s1. The molecule has 2 N–H and O–H groups in total. The van der Waals surface area contributed by atoms with E-state index in [1.807, 2.05) is 18.2 Å². The molecule has 2 aliphatic rings. The first kappa shape index (κ1) is 14.7. The molecule has 122 valence electrons. The molecule has 0 bridgehead atoms. The van der Waals surface area contributed by atoms with Crippen LogP contribution in [0.5, 0.6) is 0 Å². The maximum absolute atomic E-state index is 12.4. The van der Waals surface area contributed by atoms with Crippen LogP contribution in [0, 0.1) is 5.92 Å². The van der Waals surface area contributed by atoms with Gasteiger partial charge in [0.15, 0.2) is 0 Å². The molecule has 1 saturated heterocycles. The van der Waals surface area contributed by atoms with E-state index >= 15 is 0 Å². The summed E-state index contributed by atoms with van der Waals surface area (Å²) >= 11 is 0. The average Bonchev–Trinajstić information content (AvgIpc) is 3.24. The Labute approximate surface area is 135 Å². The zero-order chi connectivity index (χ0) is 15.6. The Bertz CT molecular complexity index is 697. The van der Waals surface area contributed by atoms with Crippen molar-refractivity contribution in [2.45, 2.75) is 51.0 Å². The number of rotatable bonds is 3. The highest BCUT2D eigenvalue weighted by Crippen LogP contribution is 2.29. The number of ether oxygens (including phenoxy) is 1. The molecular weight excluding hydrogens is 290 g/mol. The molecule has 1 aromatic heterocycles. The summed E-state index contributed by atoms with van der Waals surface area (Å²) in [5, 5.41) is 3.06. The van der Waals surface area contributed by atoms with Gasteiger partial charge in [-0.05, 0) is 43.9 Å². The number of fused-ring (bicyclic) bond motifs is 1. The van der Waals surface area contributed by atoms with Gasteiger partial charge in [0, 0.05) is 18.2 Å². The van der Waals surface area contributed by atoms with Crippen LogP contribution >= 0.6 is 0 Å². The zero-order valence-electron chi connectivity index (χ0n) is 13.3. The molecule has 23 heavy (non-hydrogen) atoms. The number of imidazole rings is 1. The third-order valence-corrected chi connectivity index (χ3v) is 4.98. The first-order chi connectivity index (χ1) is 11.3. The lowest BCUT2D eigenvalue weighted by Crippen LogP contribution is -2.24. The predicted octanol–water partition coefficient (Wildman–Crippen LogP) is 3.93. The van der Waals surface area contributed by atoms with Crippen molar-refractivity contribution >= 4 is 22.6 Å². The first-order valence-corrected chi connectivity index (χ1v) is 8.72. The van der Waals surface area contributed by atoms with Gasteiger partial charge in [-0.3, -0.25) is 4.79 Å². The highest BCUT2D eigenvalue weighted by atomic mass is 16.5. The van der Waals surface area contributed by atoms with Crippen LogP contribution in [-0.2, 0) is 9.53 Å². The Morgan fingerprint density at radius 2 is 2.04 bits per heavy atom. The van der Waals surface area contributed by atoms with Gasteiger partial charge in [0.2, 0.25) is 5.91 Å². The fraction of sp³-hybridized carbons (Fsp3) is 0.556. The Hall–Kier alpha value is -1.88. The molecule has 5 nitrogen and oxygen atoms in total. The summed E-state index contributed by atoms with van der Waals surface area (Å²) in [6, 6.07) is 5.87. The maximum Gasteiger partial charge on any atom is 0.227 e. The van der Waals surface area contributed by atoms with Gasteiger partial charge in [0.25, 0.3) is 0 Å². The predicted molar refractivity (Wildman–Crippen MR) is 89.2 cm³/mol. The summed E-state index contributed by atoms with van der Waals surface area (Å²) in [5.74, 6) is 1.22. The molecule has 1 atom stereocenters. The number of anilines is 1. The van der Waals surface area contributed by atoms with Gasteiger partial charge in [-0.25, -0.2) is 4.98 Å². The molecular formula is C18H23N3O2. The van der Waals surface area contributed by atoms with Gasteiger partial charge in [0.1, 0.15) is 11.9 Å². The van der Waals surface area contributed by atoms with E-state index in [4.69, 9.17) is 4.74 Å². The van der Waals surface area contributed by atoms with Gasteiger partial charge in [0.05, 0.1) is 11.0 Å². The molecule has 0 spiro atoms. The van der Waals surface area contributed by atoms with Crippen LogP contribution in [0.4, 0.5) is 5.69 Å². The summed E-state index contributed by atoms with van der Waals surface area (Å²) in [4.78, 5) is 20.3. The van der Waals surface area contributed by atoms with Gasteiger partial charge in [-0.2, -0.15) is 0 Å². The second kappa shape index (κ2) is 6.32. The van der Waals surface area contributed by atoms with E-state index in [0.29, 0.717) is 0 Å². The minimum Gasteiger partial charge on any atom is -0.370 e. The van der Waals surface area contributed by atoms with Crippen molar-refractivity contribution in [1.29, 1.82) is 0 Å². The molecule has 2 fully saturated rings. The third-order valence-electron chi connectivity index (χ3n) is 4.98. The summed E-state index contributed by atoms with van der Waals surface area (Å²) in [5.41, 5.74) is 2.72. The molecule has 4 rings (SSSR count). The third kappa shape index (κ3) is 3.11. The summed E-state index contributed by atoms with van der Waals surface area (Å²) in [7, 11) is 0. The Kier molecular flexibility index (Phi) is 4.04. The average molecular weight is 313 g/mol. The zero-order valence-corrected chi connectivity index (χ0v) is 13.3. The van der Waals surface area contributed by atoms with Crippen LogP contribution in [-0.4, -0.2) is 22.5 Å². The molecule has 1 amide bonds. The van der Waals surface area contributed by atoms with E-state index < -0.39 is 0 Å². The number of H-pyrrole nitrogens is 1. The van der Waals surface area contributed by atoms with Crippen LogP contribution < -0.4 is 5.32 Å². The number of aromatic amines is 1. The number of hydrogen-bond acceptors (Lipinski definition) is 3. The lowest BCUT2D eigenvalue weighted by Gasteiger charge is -2.20. The van der Waals surface area contributed by atoms with Gasteiger partial charge >= 0.3 is 0 Å². The highest BCUT2D eigenvalue weighted by Gasteiger charge is 2.22. The fourth-order valence-electron chi connectivity index (χ4n) is 3.66. The Morgan fingerprint density at radius 3 is 2.83 bits per heavy atom. The van der Waals surface area contributed by atoms with Crippen molar-refractivity contribution in [3.63, 3.8) is 0 Å². The monoisotopic (exact) mass is 313 g/mol. The largest absolute Gasteiger partial charge is 0.370 e. The molecule has 0 radical (unpaired) electrons. The minimum absolute atomic E-state index is 0.0858. The molecule has 0 unspecified atom stereocenters. The van der Waals surface area contributed by atoms with Crippen LogP contribution in [0.15, 0.2) is 18.2 Å². The van der Waals surface area contributed by atoms with E-state index in [-0.39, 0.29) is 17.9 Å². The number of benzene rings is 1. The number of nitrogens with one attached hydrogen (secondary N) is 2. The van der Waals surface area contributed by atoms with Crippen LogP contribution in [0.2, 0.25) is 0 Å². The quantitative estimate of drug-likeness (QED) is 0.902. The lowest BCUT2D eigenvalue weighted by molar-refractivity contribution is -0.120. The normalized spacial score (nSPS) is 22.5. The van der Waals surface area contributed by atoms with Crippen molar-refractivity contribution in [1.82, 2.24) is 9.97 Å². The molecule has 1 saturated carbocycles. The Balaban J connectivity index is 1.50. The molecule has 1 aliphatic carbocycles. The van der Waals surface area contributed by atoms with Gasteiger partial charge in [-0.15, -0.1) is 0 Å². The maximum atomic E-state index is 12.4. The molecule has 2 aromatic rings. The van der Waals surface area contributed by atoms with Crippen LogP contribution in [0.1, 0.15) is 56.9 Å². The minimum atomic E-state index is 0.0858. The second-order valence-corrected chi connectivity index (χ2v) is 6.68. The van der Waals surface area contributed by atoms with Crippen LogP contribution in [0.3, 0.4) is 0 Å². The topological polar surface area (TPSA) is 67.0 Å². The van der Waals surface area contributed by atoms with Crippen molar-refractivity contribution in [2.24, 2.45) is 5.92 Å². The summed E-state index contributed by atoms with van der Waals surface area (Å²) in [6.45, 7) is 0.810. The summed E-state index contributed by atoms with van der Waals surface area (Å²) in [6.07, 6.45) is 7.82. The molecule has 1 aliphatic heterocycles. The molecule has 5 heteroatoms. The smallest absolute Gasteiger partial charge is 0.227 e. The van der Waals surface area contributed by atoms with E-state index in [1.165, 1.54) is 19.3 Å². The fourth-order valence-corrected chi connectivity index (χ4v) is 3.66. The van der Waals surface area contributed by atoms with Crippen molar-refractivity contribution in [2.75, 3.05) is 11.9 Å². The summed E-state index contributed by atoms with van der Waals surface area (Å²) < 4.78 is 5.68. The van der Waals surface area contributed by atoms with Crippen molar-refractivity contribution < 1.29 is 9.53 Å². The van der Waals surface area contributed by atoms with Crippen molar-refractivity contribution in [3.8, 4) is 0 Å². The Morgan fingerprint density at radius 1 is 1.17 bits per heavy atom. The number of nitrogens with zero attached hydrogens (tertiary/aromatic N) is 1. The van der Waals surface area contributed by atoms with E-state index in [1.54, 1.807) is 0 Å². The SMILES string of the molecule is O=C(Nc1ccc2nc([C@H]3CCCO3)[nH]c2c1)C1CCCCC1. The van der Waals surface area contributed by atoms with E-state index in [2.05, 4.69) is 15.3 Å². The first-order valence-electron chi connectivity index (χ1n) is 8.72. The number of carbonyl (C=O) groups is 1. The molecule has 2 heterocycles. The number of carbonyl (C=O) groups excluding carboxylic acids is 1. The lowest BCUT2D eigenvalue weighted by atomic mass is 9.88. The van der Waals surface area contributed by atoms with E-state index in [9.17, 15) is 4.79 Å². The highest BCUT2D eigenvalue weighted by molar-refractivity contribution is 5.94. The molecule has 1 aromatic carbocycles.